The van der Waals surface area contributed by atoms with Crippen LogP contribution in [-0.2, 0) is 11.3 Å². The van der Waals surface area contributed by atoms with E-state index in [4.69, 9.17) is 0 Å². The summed E-state index contributed by atoms with van der Waals surface area (Å²) in [4.78, 5) is 30.5. The third-order valence-corrected chi connectivity index (χ3v) is 6.71. The number of hydrogen-bond acceptors (Lipinski definition) is 7. The van der Waals surface area contributed by atoms with Crippen molar-refractivity contribution in [2.45, 2.75) is 6.54 Å². The van der Waals surface area contributed by atoms with Gasteiger partial charge in [-0.1, -0.05) is 30.3 Å². The van der Waals surface area contributed by atoms with Crippen LogP contribution in [0.4, 0.5) is 17.3 Å². The van der Waals surface area contributed by atoms with Crippen LogP contribution < -0.4 is 15.1 Å². The minimum Gasteiger partial charge on any atom is -0.369 e. The molecule has 1 amide bonds. The summed E-state index contributed by atoms with van der Waals surface area (Å²) in [6, 6.07) is 20.7. The molecule has 5 rings (SSSR count). The molecule has 1 N–H and O–H groups in total. The van der Waals surface area contributed by atoms with Crippen LogP contribution in [0.25, 0.3) is 0 Å². The van der Waals surface area contributed by atoms with Gasteiger partial charge in [0.05, 0.1) is 6.54 Å². The van der Waals surface area contributed by atoms with Gasteiger partial charge in [0.25, 0.3) is 0 Å². The zero-order valence-electron chi connectivity index (χ0n) is 20.1. The Hall–Kier alpha value is -3.49. The van der Waals surface area contributed by atoms with Crippen molar-refractivity contribution in [1.82, 2.24) is 19.8 Å². The molecule has 2 aromatic carbocycles. The average molecular weight is 472 g/mol. The van der Waals surface area contributed by atoms with E-state index in [1.165, 1.54) is 11.3 Å². The van der Waals surface area contributed by atoms with E-state index in [-0.39, 0.29) is 5.91 Å². The van der Waals surface area contributed by atoms with Crippen LogP contribution in [-0.4, -0.2) is 84.6 Å². The van der Waals surface area contributed by atoms with E-state index in [1.54, 1.807) is 12.4 Å². The van der Waals surface area contributed by atoms with E-state index >= 15 is 0 Å². The molecule has 3 heterocycles. The lowest BCUT2D eigenvalue weighted by atomic mass is 10.2. The summed E-state index contributed by atoms with van der Waals surface area (Å²) in [6.45, 7) is 8.82. The van der Waals surface area contributed by atoms with E-state index < -0.39 is 0 Å². The number of nitrogens with one attached hydrogen (secondary N) is 1. The van der Waals surface area contributed by atoms with Crippen molar-refractivity contribution in [3.05, 3.63) is 78.6 Å². The highest BCUT2D eigenvalue weighted by atomic mass is 16.2. The quantitative estimate of drug-likeness (QED) is 0.568. The molecule has 3 aromatic rings. The molecule has 0 unspecified atom stereocenters. The van der Waals surface area contributed by atoms with Gasteiger partial charge in [-0.25, -0.2) is 9.97 Å². The second-order valence-corrected chi connectivity index (χ2v) is 9.16. The fraction of sp³-hybridized carbons (Fsp3) is 0.370. The van der Waals surface area contributed by atoms with Gasteiger partial charge in [0, 0.05) is 82.7 Å². The maximum atomic E-state index is 12.6. The van der Waals surface area contributed by atoms with Crippen LogP contribution in [0, 0.1) is 0 Å². The highest BCUT2D eigenvalue weighted by Gasteiger charge is 2.21. The SMILES string of the molecule is O=C(CN1CCN(c2ncccn2)CC1)Nc1ccc(N2CCN(Cc3ccccc3)CC2)cc1. The van der Waals surface area contributed by atoms with Gasteiger partial charge in [-0.15, -0.1) is 0 Å². The summed E-state index contributed by atoms with van der Waals surface area (Å²) in [5.74, 6) is 0.783. The van der Waals surface area contributed by atoms with Gasteiger partial charge in [-0.2, -0.15) is 0 Å². The van der Waals surface area contributed by atoms with Crippen molar-refractivity contribution in [2.24, 2.45) is 0 Å². The van der Waals surface area contributed by atoms with Gasteiger partial charge in [0.2, 0.25) is 11.9 Å². The van der Waals surface area contributed by atoms with Gasteiger partial charge in [0.1, 0.15) is 0 Å². The second kappa shape index (κ2) is 11.3. The molecule has 8 heteroatoms. The molecule has 0 aliphatic carbocycles. The lowest BCUT2D eigenvalue weighted by Crippen LogP contribution is -2.49. The van der Waals surface area contributed by atoms with Crippen molar-refractivity contribution < 1.29 is 4.79 Å². The Bertz CT molecular complexity index is 1060. The first kappa shape index (κ1) is 23.3. The molecule has 1 aromatic heterocycles. The van der Waals surface area contributed by atoms with Crippen molar-refractivity contribution in [3.8, 4) is 0 Å². The van der Waals surface area contributed by atoms with Crippen LogP contribution in [0.15, 0.2) is 73.1 Å². The number of anilines is 3. The summed E-state index contributed by atoms with van der Waals surface area (Å²) >= 11 is 0. The van der Waals surface area contributed by atoms with Crippen molar-refractivity contribution >= 4 is 23.2 Å². The van der Waals surface area contributed by atoms with Gasteiger partial charge in [-0.05, 0) is 35.9 Å². The third kappa shape index (κ3) is 6.35. The maximum absolute atomic E-state index is 12.6. The second-order valence-electron chi connectivity index (χ2n) is 9.16. The highest BCUT2D eigenvalue weighted by Crippen LogP contribution is 2.20. The Morgan fingerprint density at radius 1 is 0.714 bits per heavy atom. The van der Waals surface area contributed by atoms with E-state index in [9.17, 15) is 4.79 Å². The summed E-state index contributed by atoms with van der Waals surface area (Å²) in [5.41, 5.74) is 3.42. The van der Waals surface area contributed by atoms with Crippen LogP contribution in [0.5, 0.6) is 0 Å². The molecule has 0 atom stereocenters. The number of carbonyl (C=O) groups excluding carboxylic acids is 1. The largest absolute Gasteiger partial charge is 0.369 e. The molecule has 8 nitrogen and oxygen atoms in total. The fourth-order valence-corrected chi connectivity index (χ4v) is 4.73. The summed E-state index contributed by atoms with van der Waals surface area (Å²) in [6.07, 6.45) is 3.53. The van der Waals surface area contributed by atoms with Gasteiger partial charge < -0.3 is 15.1 Å². The van der Waals surface area contributed by atoms with Gasteiger partial charge >= 0.3 is 0 Å². The van der Waals surface area contributed by atoms with Crippen LogP contribution in [0.1, 0.15) is 5.56 Å². The number of aromatic nitrogens is 2. The number of benzene rings is 2. The summed E-state index contributed by atoms with van der Waals surface area (Å²) in [7, 11) is 0. The molecule has 0 bridgehead atoms. The zero-order valence-corrected chi connectivity index (χ0v) is 20.1. The van der Waals surface area contributed by atoms with E-state index in [1.807, 2.05) is 18.2 Å². The van der Waals surface area contributed by atoms with Crippen LogP contribution in [0.2, 0.25) is 0 Å². The number of piperazine rings is 2. The molecule has 0 spiro atoms. The van der Waals surface area contributed by atoms with Gasteiger partial charge in [0.15, 0.2) is 0 Å². The predicted molar refractivity (Wildman–Crippen MR) is 140 cm³/mol. The Morgan fingerprint density at radius 2 is 1.34 bits per heavy atom. The normalized spacial score (nSPS) is 17.4. The lowest BCUT2D eigenvalue weighted by molar-refractivity contribution is -0.117. The summed E-state index contributed by atoms with van der Waals surface area (Å²) < 4.78 is 0. The molecular weight excluding hydrogens is 438 g/mol. The average Bonchev–Trinajstić information content (AvgIpc) is 2.91. The molecule has 2 fully saturated rings. The molecule has 2 aliphatic heterocycles. The van der Waals surface area contributed by atoms with Crippen LogP contribution >= 0.6 is 0 Å². The number of hydrogen-bond donors (Lipinski definition) is 1. The van der Waals surface area contributed by atoms with Crippen molar-refractivity contribution in [1.29, 1.82) is 0 Å². The van der Waals surface area contributed by atoms with E-state index in [0.717, 1.165) is 70.5 Å². The van der Waals surface area contributed by atoms with Gasteiger partial charge in [-0.3, -0.25) is 14.6 Å². The number of amides is 1. The highest BCUT2D eigenvalue weighted by molar-refractivity contribution is 5.92. The van der Waals surface area contributed by atoms with Crippen molar-refractivity contribution in [3.63, 3.8) is 0 Å². The Balaban J connectivity index is 1.05. The Morgan fingerprint density at radius 3 is 2.03 bits per heavy atom. The van der Waals surface area contributed by atoms with Crippen LogP contribution in [0.3, 0.4) is 0 Å². The maximum Gasteiger partial charge on any atom is 0.238 e. The molecule has 0 saturated carbocycles. The number of nitrogens with zero attached hydrogens (tertiary/aromatic N) is 6. The first-order valence-corrected chi connectivity index (χ1v) is 12.4. The zero-order chi connectivity index (χ0) is 23.9. The number of carbonyl (C=O) groups is 1. The standard InChI is InChI=1S/C27H33N7O/c35-26(22-32-15-19-34(20-16-32)27-28-11-4-12-29-27)30-24-7-9-25(10-8-24)33-17-13-31(14-18-33)21-23-5-2-1-3-6-23/h1-12H,13-22H2,(H,30,35). The molecule has 0 radical (unpaired) electrons. The Labute approximate surface area is 207 Å². The topological polar surface area (TPSA) is 67.8 Å². The van der Waals surface area contributed by atoms with Crippen molar-refractivity contribution in [2.75, 3.05) is 74.0 Å². The Kier molecular flexibility index (Phi) is 7.50. The lowest BCUT2D eigenvalue weighted by Gasteiger charge is -2.36. The molecular formula is C27H33N7O. The third-order valence-electron chi connectivity index (χ3n) is 6.71. The minimum atomic E-state index is 0.0247. The first-order chi connectivity index (χ1) is 17.2. The fourth-order valence-electron chi connectivity index (χ4n) is 4.73. The number of rotatable bonds is 7. The predicted octanol–water partition coefficient (Wildman–Crippen LogP) is 2.56. The molecule has 182 valence electrons. The first-order valence-electron chi connectivity index (χ1n) is 12.4. The molecule has 2 aliphatic rings. The monoisotopic (exact) mass is 471 g/mol. The van der Waals surface area contributed by atoms with E-state index in [2.05, 4.69) is 77.3 Å². The minimum absolute atomic E-state index is 0.0247. The smallest absolute Gasteiger partial charge is 0.238 e. The molecule has 2 saturated heterocycles. The summed E-state index contributed by atoms with van der Waals surface area (Å²) in [5, 5.41) is 3.05. The molecule has 35 heavy (non-hydrogen) atoms. The van der Waals surface area contributed by atoms with E-state index in [0.29, 0.717) is 6.54 Å².